The van der Waals surface area contributed by atoms with E-state index in [9.17, 15) is 8.42 Å². The van der Waals surface area contributed by atoms with E-state index < -0.39 is 9.84 Å². The van der Waals surface area contributed by atoms with Crippen LogP contribution in [-0.4, -0.2) is 34.1 Å². The average Bonchev–Trinajstić information content (AvgIpc) is 2.76. The van der Waals surface area contributed by atoms with Gasteiger partial charge in [0.2, 0.25) is 6.79 Å². The van der Waals surface area contributed by atoms with Gasteiger partial charge >= 0.3 is 0 Å². The molecule has 0 radical (unpaired) electrons. The largest absolute Gasteiger partial charge is 0.454 e. The SMILES string of the molecule is CCNCCS(=O)(=O)c1ccc2c(c1)OCO2. The minimum Gasteiger partial charge on any atom is -0.454 e. The maximum Gasteiger partial charge on any atom is 0.231 e. The van der Waals surface area contributed by atoms with Crippen LogP contribution in [0.3, 0.4) is 0 Å². The lowest BCUT2D eigenvalue weighted by atomic mass is 10.3. The summed E-state index contributed by atoms with van der Waals surface area (Å²) in [5.41, 5.74) is 0. The minimum absolute atomic E-state index is 0.0838. The predicted molar refractivity (Wildman–Crippen MR) is 63.2 cm³/mol. The molecule has 1 aliphatic heterocycles. The second-order valence-corrected chi connectivity index (χ2v) is 5.80. The molecule has 0 saturated carbocycles. The second kappa shape index (κ2) is 4.93. The van der Waals surface area contributed by atoms with Crippen molar-refractivity contribution < 1.29 is 17.9 Å². The molecule has 1 aliphatic rings. The Morgan fingerprint density at radius 2 is 2.06 bits per heavy atom. The molecule has 1 N–H and O–H groups in total. The normalized spacial score (nSPS) is 13.9. The highest BCUT2D eigenvalue weighted by Crippen LogP contribution is 2.33. The van der Waals surface area contributed by atoms with Gasteiger partial charge < -0.3 is 14.8 Å². The first-order valence-corrected chi connectivity index (χ1v) is 7.12. The maximum absolute atomic E-state index is 12.0. The van der Waals surface area contributed by atoms with E-state index in [1.807, 2.05) is 6.92 Å². The van der Waals surface area contributed by atoms with Crippen LogP contribution in [0.25, 0.3) is 0 Å². The number of benzene rings is 1. The highest BCUT2D eigenvalue weighted by Gasteiger charge is 2.19. The summed E-state index contributed by atoms with van der Waals surface area (Å²) in [6.45, 7) is 3.30. The van der Waals surface area contributed by atoms with Gasteiger partial charge in [-0.05, 0) is 18.7 Å². The number of hydrogen-bond donors (Lipinski definition) is 1. The molecule has 0 aromatic heterocycles. The van der Waals surface area contributed by atoms with Crippen molar-refractivity contribution in [3.8, 4) is 11.5 Å². The van der Waals surface area contributed by atoms with Crippen LogP contribution >= 0.6 is 0 Å². The highest BCUT2D eigenvalue weighted by atomic mass is 32.2. The number of hydrogen-bond acceptors (Lipinski definition) is 5. The molecule has 2 rings (SSSR count). The van der Waals surface area contributed by atoms with E-state index in [-0.39, 0.29) is 17.4 Å². The zero-order valence-electron chi connectivity index (χ0n) is 9.60. The Kier molecular flexibility index (Phi) is 3.54. The van der Waals surface area contributed by atoms with Crippen molar-refractivity contribution in [3.63, 3.8) is 0 Å². The molecule has 0 saturated heterocycles. The number of fused-ring (bicyclic) bond motifs is 1. The fraction of sp³-hybridized carbons (Fsp3) is 0.455. The summed E-state index contributed by atoms with van der Waals surface area (Å²) in [6.07, 6.45) is 0. The van der Waals surface area contributed by atoms with Gasteiger partial charge in [0.15, 0.2) is 21.3 Å². The van der Waals surface area contributed by atoms with Gasteiger partial charge in [-0.25, -0.2) is 8.42 Å². The van der Waals surface area contributed by atoms with E-state index in [2.05, 4.69) is 5.32 Å². The molecule has 0 amide bonds. The number of sulfone groups is 1. The van der Waals surface area contributed by atoms with Crippen molar-refractivity contribution in [3.05, 3.63) is 18.2 Å². The standard InChI is InChI=1S/C11H15NO4S/c1-2-12-5-6-17(13,14)9-3-4-10-11(7-9)16-8-15-10/h3-4,7,12H,2,5-6,8H2,1H3. The smallest absolute Gasteiger partial charge is 0.231 e. The monoisotopic (exact) mass is 257 g/mol. The van der Waals surface area contributed by atoms with Crippen molar-refractivity contribution in [2.75, 3.05) is 25.6 Å². The minimum atomic E-state index is -3.25. The van der Waals surface area contributed by atoms with Gasteiger partial charge in [-0.1, -0.05) is 6.92 Å². The molecule has 1 heterocycles. The Morgan fingerprint density at radius 3 is 2.82 bits per heavy atom. The van der Waals surface area contributed by atoms with Gasteiger partial charge in [0, 0.05) is 12.6 Å². The quantitative estimate of drug-likeness (QED) is 0.790. The molecule has 94 valence electrons. The first-order valence-electron chi connectivity index (χ1n) is 5.46. The molecule has 1 aromatic carbocycles. The van der Waals surface area contributed by atoms with Gasteiger partial charge in [-0.3, -0.25) is 0 Å². The summed E-state index contributed by atoms with van der Waals surface area (Å²) in [6, 6.07) is 4.70. The van der Waals surface area contributed by atoms with Crippen LogP contribution < -0.4 is 14.8 Å². The van der Waals surface area contributed by atoms with Crippen molar-refractivity contribution in [2.24, 2.45) is 0 Å². The topological polar surface area (TPSA) is 64.6 Å². The van der Waals surface area contributed by atoms with E-state index in [4.69, 9.17) is 9.47 Å². The van der Waals surface area contributed by atoms with Gasteiger partial charge in [-0.15, -0.1) is 0 Å². The van der Waals surface area contributed by atoms with Crippen molar-refractivity contribution in [1.82, 2.24) is 5.32 Å². The van der Waals surface area contributed by atoms with Gasteiger partial charge in [0.05, 0.1) is 10.6 Å². The van der Waals surface area contributed by atoms with Crippen molar-refractivity contribution in [2.45, 2.75) is 11.8 Å². The zero-order valence-corrected chi connectivity index (χ0v) is 10.4. The van der Waals surface area contributed by atoms with Crippen molar-refractivity contribution in [1.29, 1.82) is 0 Å². The number of ether oxygens (including phenoxy) is 2. The van der Waals surface area contributed by atoms with Crippen LogP contribution in [0.5, 0.6) is 11.5 Å². The molecular formula is C11H15NO4S. The Morgan fingerprint density at radius 1 is 1.29 bits per heavy atom. The summed E-state index contributed by atoms with van der Waals surface area (Å²) in [5, 5.41) is 2.99. The summed E-state index contributed by atoms with van der Waals surface area (Å²) < 4.78 is 34.2. The molecule has 17 heavy (non-hydrogen) atoms. The molecule has 0 aliphatic carbocycles. The number of rotatable bonds is 5. The maximum atomic E-state index is 12.0. The van der Waals surface area contributed by atoms with E-state index in [1.54, 1.807) is 12.1 Å². The molecule has 6 heteroatoms. The Labute approximate surface area is 101 Å². The lowest BCUT2D eigenvalue weighted by Crippen LogP contribution is -2.22. The highest BCUT2D eigenvalue weighted by molar-refractivity contribution is 7.91. The summed E-state index contributed by atoms with van der Waals surface area (Å²) in [7, 11) is -3.25. The lowest BCUT2D eigenvalue weighted by molar-refractivity contribution is 0.174. The van der Waals surface area contributed by atoms with E-state index in [0.29, 0.717) is 18.0 Å². The second-order valence-electron chi connectivity index (χ2n) is 3.69. The van der Waals surface area contributed by atoms with Crippen molar-refractivity contribution >= 4 is 9.84 Å². The van der Waals surface area contributed by atoms with Gasteiger partial charge in [0.25, 0.3) is 0 Å². The predicted octanol–water partition coefficient (Wildman–Crippen LogP) is 0.799. The van der Waals surface area contributed by atoms with E-state index >= 15 is 0 Å². The third-order valence-electron chi connectivity index (χ3n) is 2.50. The first-order chi connectivity index (χ1) is 8.13. The molecular weight excluding hydrogens is 242 g/mol. The fourth-order valence-electron chi connectivity index (χ4n) is 1.57. The van der Waals surface area contributed by atoms with Crippen LogP contribution in [0.1, 0.15) is 6.92 Å². The summed E-state index contributed by atoms with van der Waals surface area (Å²) in [5.74, 6) is 1.17. The third kappa shape index (κ3) is 2.70. The molecule has 0 fully saturated rings. The van der Waals surface area contributed by atoms with Crippen LogP contribution in [0.15, 0.2) is 23.1 Å². The molecule has 0 bridgehead atoms. The fourth-order valence-corrected chi connectivity index (χ4v) is 2.78. The van der Waals surface area contributed by atoms with Gasteiger partial charge in [0.1, 0.15) is 0 Å². The van der Waals surface area contributed by atoms with Crippen LogP contribution in [0.4, 0.5) is 0 Å². The van der Waals surface area contributed by atoms with E-state index in [0.717, 1.165) is 6.54 Å². The zero-order chi connectivity index (χ0) is 12.3. The lowest BCUT2D eigenvalue weighted by Gasteiger charge is -2.05. The molecule has 0 spiro atoms. The van der Waals surface area contributed by atoms with Crippen LogP contribution in [0.2, 0.25) is 0 Å². The average molecular weight is 257 g/mol. The Hall–Kier alpha value is -1.27. The van der Waals surface area contributed by atoms with Crippen LogP contribution in [-0.2, 0) is 9.84 Å². The molecule has 0 atom stereocenters. The van der Waals surface area contributed by atoms with Crippen LogP contribution in [0, 0.1) is 0 Å². The Bertz CT molecular complexity index is 498. The molecule has 5 nitrogen and oxygen atoms in total. The molecule has 1 aromatic rings. The first kappa shape index (κ1) is 12.2. The van der Waals surface area contributed by atoms with Gasteiger partial charge in [-0.2, -0.15) is 0 Å². The van der Waals surface area contributed by atoms with E-state index in [1.165, 1.54) is 6.07 Å². The Balaban J connectivity index is 2.16. The summed E-state index contributed by atoms with van der Waals surface area (Å²) in [4.78, 5) is 0.277. The number of nitrogens with one attached hydrogen (secondary N) is 1. The molecule has 0 unspecified atom stereocenters. The summed E-state index contributed by atoms with van der Waals surface area (Å²) >= 11 is 0. The third-order valence-corrected chi connectivity index (χ3v) is 4.21.